The standard InChI is InChI=1S/C31H32N5O5/c1-6-32-31(39)30-34-33-29(26-13-25(18(2)3)27(37)14-28(26)38)36(30)22-8-7-20-16-35(17-21(20)11-22)15-19-9-23(40-4)12-24(10-19)41-5/h7-11,13-14,16-18,37-38H,6,15H2,1-5H3,(H,32,39). The highest BCUT2D eigenvalue weighted by molar-refractivity contribution is 5.93. The number of hydrogen-bond donors (Lipinski definition) is 3. The number of methoxy groups -OCH3 is 2. The van der Waals surface area contributed by atoms with E-state index in [2.05, 4.69) is 26.1 Å². The van der Waals surface area contributed by atoms with Crippen molar-refractivity contribution in [2.45, 2.75) is 33.2 Å². The summed E-state index contributed by atoms with van der Waals surface area (Å²) >= 11 is 0. The molecular formula is C31H32N5O5. The van der Waals surface area contributed by atoms with Crippen LogP contribution in [0.15, 0.2) is 54.9 Å². The Kier molecular flexibility index (Phi) is 7.56. The van der Waals surface area contributed by atoms with Crippen LogP contribution in [0.25, 0.3) is 27.8 Å². The summed E-state index contributed by atoms with van der Waals surface area (Å²) in [4.78, 5) is 13.0. The molecule has 41 heavy (non-hydrogen) atoms. The highest BCUT2D eigenvalue weighted by Gasteiger charge is 2.24. The normalized spacial score (nSPS) is 11.3. The summed E-state index contributed by atoms with van der Waals surface area (Å²) in [5, 5.41) is 34.4. The Balaban J connectivity index is 1.60. The van der Waals surface area contributed by atoms with Crippen LogP contribution in [0.2, 0.25) is 0 Å². The molecule has 0 aliphatic carbocycles. The third-order valence-corrected chi connectivity index (χ3v) is 6.83. The molecule has 3 aromatic carbocycles. The second kappa shape index (κ2) is 11.2. The number of fused-ring (bicyclic) bond motifs is 1. The summed E-state index contributed by atoms with van der Waals surface area (Å²) < 4.78 is 14.4. The second-order valence-electron chi connectivity index (χ2n) is 9.99. The molecule has 0 spiro atoms. The predicted molar refractivity (Wildman–Crippen MR) is 155 cm³/mol. The summed E-state index contributed by atoms with van der Waals surface area (Å²) in [5.74, 6) is 0.973. The van der Waals surface area contributed by atoms with Crippen LogP contribution in [-0.2, 0) is 6.54 Å². The monoisotopic (exact) mass is 554 g/mol. The maximum atomic E-state index is 13.0. The molecule has 1 amide bonds. The highest BCUT2D eigenvalue weighted by atomic mass is 16.5. The van der Waals surface area contributed by atoms with Crippen LogP contribution in [0.4, 0.5) is 0 Å². The van der Waals surface area contributed by atoms with Crippen molar-refractivity contribution >= 4 is 16.7 Å². The van der Waals surface area contributed by atoms with Gasteiger partial charge in [-0.25, -0.2) is 0 Å². The minimum absolute atomic E-state index is 0.00728. The molecule has 10 nitrogen and oxygen atoms in total. The zero-order valence-electron chi connectivity index (χ0n) is 23.6. The van der Waals surface area contributed by atoms with Crippen LogP contribution in [0.5, 0.6) is 23.0 Å². The number of phenolic OH excluding ortho intramolecular Hbond substituents is 2. The minimum Gasteiger partial charge on any atom is -0.508 e. The minimum atomic E-state index is -0.393. The Morgan fingerprint density at radius 3 is 2.34 bits per heavy atom. The Hall–Kier alpha value is -4.99. The van der Waals surface area contributed by atoms with Gasteiger partial charge in [-0.3, -0.25) is 9.36 Å². The van der Waals surface area contributed by atoms with E-state index in [-0.39, 0.29) is 29.1 Å². The van der Waals surface area contributed by atoms with Gasteiger partial charge in [-0.15, -0.1) is 10.2 Å². The molecule has 5 rings (SSSR count). The molecular weight excluding hydrogens is 522 g/mol. The Labute approximate surface area is 237 Å². The molecule has 0 aliphatic heterocycles. The van der Waals surface area contributed by atoms with Crippen molar-refractivity contribution in [2.75, 3.05) is 20.8 Å². The molecule has 0 bridgehead atoms. The van der Waals surface area contributed by atoms with E-state index in [0.29, 0.717) is 41.4 Å². The third kappa shape index (κ3) is 5.41. The SMILES string of the molecule is CCNC(=O)c1nnc(-c2cc(C(C)C)c(O)cc2O)n1-c1ccc2cn(Cc3cc(OC)[c]c(OC)c3)cc2c1. The number of carbonyl (C=O) groups is 1. The first-order valence-corrected chi connectivity index (χ1v) is 13.3. The molecule has 3 N–H and O–H groups in total. The average Bonchev–Trinajstić information content (AvgIpc) is 3.56. The molecule has 0 atom stereocenters. The van der Waals surface area contributed by atoms with Gasteiger partial charge in [0.25, 0.3) is 5.91 Å². The molecule has 5 aromatic rings. The quantitative estimate of drug-likeness (QED) is 0.233. The van der Waals surface area contributed by atoms with E-state index >= 15 is 0 Å². The van der Waals surface area contributed by atoms with Gasteiger partial charge < -0.3 is 29.6 Å². The number of nitrogens with zero attached hydrogens (tertiary/aromatic N) is 4. The van der Waals surface area contributed by atoms with Gasteiger partial charge in [-0.1, -0.05) is 19.9 Å². The topological polar surface area (TPSA) is 124 Å². The van der Waals surface area contributed by atoms with Crippen LogP contribution >= 0.6 is 0 Å². The van der Waals surface area contributed by atoms with Gasteiger partial charge in [0.15, 0.2) is 5.82 Å². The van der Waals surface area contributed by atoms with Gasteiger partial charge in [-0.05, 0) is 59.7 Å². The Bertz CT molecular complexity index is 1710. The zero-order valence-corrected chi connectivity index (χ0v) is 23.6. The number of hydrogen-bond acceptors (Lipinski definition) is 7. The fraction of sp³-hybridized carbons (Fsp3) is 0.258. The lowest BCUT2D eigenvalue weighted by Gasteiger charge is -2.14. The molecule has 10 heteroatoms. The first-order chi connectivity index (χ1) is 19.7. The number of aromatic nitrogens is 4. The van der Waals surface area contributed by atoms with Crippen molar-refractivity contribution in [3.8, 4) is 40.1 Å². The van der Waals surface area contributed by atoms with Gasteiger partial charge in [0, 0.05) is 36.9 Å². The zero-order chi connectivity index (χ0) is 29.3. The lowest BCUT2D eigenvalue weighted by molar-refractivity contribution is 0.0943. The number of benzene rings is 3. The summed E-state index contributed by atoms with van der Waals surface area (Å²) in [5.41, 5.74) is 2.64. The number of carbonyl (C=O) groups excluding carboxylic acids is 1. The number of rotatable bonds is 9. The maximum Gasteiger partial charge on any atom is 0.289 e. The van der Waals surface area contributed by atoms with Gasteiger partial charge >= 0.3 is 0 Å². The van der Waals surface area contributed by atoms with Crippen LogP contribution in [0.1, 0.15) is 48.4 Å². The fourth-order valence-corrected chi connectivity index (χ4v) is 4.84. The van der Waals surface area contributed by atoms with Crippen molar-refractivity contribution in [1.82, 2.24) is 24.6 Å². The van der Waals surface area contributed by atoms with Gasteiger partial charge in [-0.2, -0.15) is 0 Å². The number of ether oxygens (including phenoxy) is 2. The van der Waals surface area contributed by atoms with Gasteiger partial charge in [0.05, 0.1) is 31.5 Å². The number of aromatic hydroxyl groups is 2. The lowest BCUT2D eigenvalue weighted by atomic mass is 9.98. The summed E-state index contributed by atoms with van der Waals surface area (Å²) in [7, 11) is 3.19. The van der Waals surface area contributed by atoms with E-state index in [4.69, 9.17) is 9.47 Å². The van der Waals surface area contributed by atoms with Gasteiger partial charge in [0.1, 0.15) is 23.0 Å². The van der Waals surface area contributed by atoms with E-state index < -0.39 is 5.91 Å². The van der Waals surface area contributed by atoms with Gasteiger partial charge in [0.2, 0.25) is 5.82 Å². The average molecular weight is 555 g/mol. The highest BCUT2D eigenvalue weighted by Crippen LogP contribution is 2.38. The van der Waals surface area contributed by atoms with Crippen LogP contribution in [0.3, 0.4) is 0 Å². The molecule has 2 heterocycles. The van der Waals surface area contributed by atoms with Crippen LogP contribution in [0, 0.1) is 6.07 Å². The first-order valence-electron chi connectivity index (χ1n) is 13.3. The van der Waals surface area contributed by atoms with E-state index in [1.807, 2.05) is 63.5 Å². The number of nitrogens with one attached hydrogen (secondary N) is 1. The van der Waals surface area contributed by atoms with Crippen molar-refractivity contribution in [3.63, 3.8) is 0 Å². The summed E-state index contributed by atoms with van der Waals surface area (Å²) in [6.45, 7) is 6.70. The molecule has 1 radical (unpaired) electrons. The number of phenols is 2. The van der Waals surface area contributed by atoms with E-state index in [9.17, 15) is 15.0 Å². The maximum absolute atomic E-state index is 13.0. The largest absolute Gasteiger partial charge is 0.508 e. The molecule has 0 unspecified atom stereocenters. The molecule has 0 fully saturated rings. The van der Waals surface area contributed by atoms with Crippen molar-refractivity contribution in [2.24, 2.45) is 0 Å². The lowest BCUT2D eigenvalue weighted by Crippen LogP contribution is -2.26. The van der Waals surface area contributed by atoms with Crippen molar-refractivity contribution in [3.05, 3.63) is 77.9 Å². The number of amides is 1. The smallest absolute Gasteiger partial charge is 0.289 e. The van der Waals surface area contributed by atoms with Crippen molar-refractivity contribution in [1.29, 1.82) is 0 Å². The molecule has 0 saturated heterocycles. The molecule has 2 aromatic heterocycles. The Morgan fingerprint density at radius 2 is 1.68 bits per heavy atom. The molecule has 0 saturated carbocycles. The van der Waals surface area contributed by atoms with Crippen LogP contribution in [-0.4, -0.2) is 56.2 Å². The summed E-state index contributed by atoms with van der Waals surface area (Å²) in [6.07, 6.45) is 4.05. The summed E-state index contributed by atoms with van der Waals surface area (Å²) in [6, 6.07) is 15.6. The predicted octanol–water partition coefficient (Wildman–Crippen LogP) is 5.04. The Morgan fingerprint density at radius 1 is 0.976 bits per heavy atom. The third-order valence-electron chi connectivity index (χ3n) is 6.83. The van der Waals surface area contributed by atoms with E-state index in [1.54, 1.807) is 24.9 Å². The fourth-order valence-electron chi connectivity index (χ4n) is 4.84. The van der Waals surface area contributed by atoms with Crippen molar-refractivity contribution < 1.29 is 24.5 Å². The van der Waals surface area contributed by atoms with Crippen LogP contribution < -0.4 is 14.8 Å². The molecule has 211 valence electrons. The first kappa shape index (κ1) is 27.6. The second-order valence-corrected chi connectivity index (χ2v) is 9.99. The molecule has 0 aliphatic rings. The van der Waals surface area contributed by atoms with E-state index in [1.165, 1.54) is 6.07 Å². The van der Waals surface area contributed by atoms with E-state index in [0.717, 1.165) is 16.3 Å².